The Hall–Kier alpha value is -3.22. The van der Waals surface area contributed by atoms with Gasteiger partial charge in [-0.2, -0.15) is 0 Å². The van der Waals surface area contributed by atoms with Crippen molar-refractivity contribution >= 4 is 28.5 Å². The molecule has 7 heteroatoms. The number of rotatable bonds is 4. The maximum Gasteiger partial charge on any atom is 0.375 e. The number of furan rings is 1. The van der Waals surface area contributed by atoms with Crippen LogP contribution in [-0.4, -0.2) is 18.0 Å². The number of anilines is 1. The first-order valence-electron chi connectivity index (χ1n) is 7.82. The highest BCUT2D eigenvalue weighted by atomic mass is 19.1. The molecule has 3 aromatic rings. The quantitative estimate of drug-likeness (QED) is 0.709. The van der Waals surface area contributed by atoms with Gasteiger partial charge in [0.25, 0.3) is 5.91 Å². The Bertz CT molecular complexity index is 996. The third kappa shape index (κ3) is 3.42. The second kappa shape index (κ2) is 6.95. The number of carbonyl (C=O) groups excluding carboxylic acids is 2. The summed E-state index contributed by atoms with van der Waals surface area (Å²) in [6.45, 7) is 3.03. The van der Waals surface area contributed by atoms with Gasteiger partial charge in [-0.1, -0.05) is 18.2 Å². The predicted molar refractivity (Wildman–Crippen MR) is 90.8 cm³/mol. The molecule has 26 heavy (non-hydrogen) atoms. The first-order valence-corrected chi connectivity index (χ1v) is 7.82. The van der Waals surface area contributed by atoms with Gasteiger partial charge in [-0.25, -0.2) is 13.6 Å². The van der Waals surface area contributed by atoms with E-state index in [2.05, 4.69) is 5.32 Å². The molecule has 0 aliphatic rings. The first-order chi connectivity index (χ1) is 12.4. The van der Waals surface area contributed by atoms with Crippen LogP contribution in [0.5, 0.6) is 0 Å². The summed E-state index contributed by atoms with van der Waals surface area (Å²) in [5, 5.41) is 2.95. The molecule has 5 nitrogen and oxygen atoms in total. The van der Waals surface area contributed by atoms with E-state index >= 15 is 0 Å². The Kier molecular flexibility index (Phi) is 4.71. The summed E-state index contributed by atoms with van der Waals surface area (Å²) in [7, 11) is 0. The molecule has 134 valence electrons. The van der Waals surface area contributed by atoms with E-state index in [1.54, 1.807) is 25.1 Å². The summed E-state index contributed by atoms with van der Waals surface area (Å²) < 4.78 is 37.3. The molecule has 2 aromatic carbocycles. The topological polar surface area (TPSA) is 68.5 Å². The third-order valence-electron chi connectivity index (χ3n) is 3.87. The molecule has 0 spiro atoms. The van der Waals surface area contributed by atoms with Crippen LogP contribution in [0.4, 0.5) is 14.5 Å². The van der Waals surface area contributed by atoms with Crippen LogP contribution < -0.4 is 5.32 Å². The molecule has 1 heterocycles. The molecule has 0 saturated heterocycles. The summed E-state index contributed by atoms with van der Waals surface area (Å²) >= 11 is 0. The van der Waals surface area contributed by atoms with E-state index in [1.165, 1.54) is 6.92 Å². The lowest BCUT2D eigenvalue weighted by atomic mass is 10.1. The highest BCUT2D eigenvalue weighted by molar-refractivity contribution is 5.99. The Balaban J connectivity index is 1.73. The minimum absolute atomic E-state index is 0.0113. The van der Waals surface area contributed by atoms with Crippen LogP contribution in [0.3, 0.4) is 0 Å². The molecule has 1 aromatic heterocycles. The monoisotopic (exact) mass is 359 g/mol. The van der Waals surface area contributed by atoms with Crippen LogP contribution >= 0.6 is 0 Å². The van der Waals surface area contributed by atoms with E-state index in [4.69, 9.17) is 9.15 Å². The van der Waals surface area contributed by atoms with Gasteiger partial charge in [0.1, 0.15) is 17.2 Å². The summed E-state index contributed by atoms with van der Waals surface area (Å²) in [5.74, 6) is -3.13. The standard InChI is InChI=1S/C19H15F2NO4/c1-10-13-5-3-4-6-16(13)26-17(10)19(24)25-11(2)18(23)22-15-9-12(20)7-8-14(15)21/h3-9,11H,1-2H3,(H,22,23). The van der Waals surface area contributed by atoms with Gasteiger partial charge < -0.3 is 14.5 Å². The van der Waals surface area contributed by atoms with Crippen molar-refractivity contribution in [2.45, 2.75) is 20.0 Å². The summed E-state index contributed by atoms with van der Waals surface area (Å²) in [6.07, 6.45) is -1.24. The van der Waals surface area contributed by atoms with Gasteiger partial charge in [0.2, 0.25) is 5.76 Å². The number of esters is 1. The fraction of sp³-hybridized carbons (Fsp3) is 0.158. The fourth-order valence-electron chi connectivity index (χ4n) is 2.46. The van der Waals surface area contributed by atoms with Crippen molar-refractivity contribution in [3.63, 3.8) is 0 Å². The van der Waals surface area contributed by atoms with Crippen LogP contribution in [0, 0.1) is 18.6 Å². The molecule has 1 atom stereocenters. The zero-order valence-electron chi connectivity index (χ0n) is 14.0. The van der Waals surface area contributed by atoms with E-state index in [0.29, 0.717) is 11.1 Å². The molecule has 0 aliphatic carbocycles. The van der Waals surface area contributed by atoms with Crippen LogP contribution in [0.2, 0.25) is 0 Å². The number of para-hydroxylation sites is 1. The number of aryl methyl sites for hydroxylation is 1. The fourth-order valence-corrected chi connectivity index (χ4v) is 2.46. The summed E-state index contributed by atoms with van der Waals surface area (Å²) in [4.78, 5) is 24.4. The smallest absolute Gasteiger partial charge is 0.375 e. The van der Waals surface area contributed by atoms with Crippen molar-refractivity contribution in [1.82, 2.24) is 0 Å². The number of hydrogen-bond donors (Lipinski definition) is 1. The van der Waals surface area contributed by atoms with E-state index in [-0.39, 0.29) is 11.4 Å². The van der Waals surface area contributed by atoms with Gasteiger partial charge in [-0.3, -0.25) is 4.79 Å². The molecule has 0 saturated carbocycles. The van der Waals surface area contributed by atoms with E-state index in [1.807, 2.05) is 6.07 Å². The first kappa shape index (κ1) is 17.6. The number of halogens is 2. The third-order valence-corrected chi connectivity index (χ3v) is 3.87. The van der Waals surface area contributed by atoms with Crippen LogP contribution in [0.15, 0.2) is 46.9 Å². The Morgan fingerprint density at radius 1 is 1.15 bits per heavy atom. The Labute approximate surface area is 147 Å². The molecule has 3 rings (SSSR count). The maximum atomic E-state index is 13.6. The number of fused-ring (bicyclic) bond motifs is 1. The highest BCUT2D eigenvalue weighted by Crippen LogP contribution is 2.25. The molecule has 1 N–H and O–H groups in total. The maximum absolute atomic E-state index is 13.6. The molecular formula is C19H15F2NO4. The van der Waals surface area contributed by atoms with Crippen molar-refractivity contribution in [2.24, 2.45) is 0 Å². The second-order valence-corrected chi connectivity index (χ2v) is 5.71. The van der Waals surface area contributed by atoms with Crippen molar-refractivity contribution in [3.8, 4) is 0 Å². The lowest BCUT2D eigenvalue weighted by Gasteiger charge is -2.13. The summed E-state index contributed by atoms with van der Waals surface area (Å²) in [5.41, 5.74) is 0.781. The van der Waals surface area contributed by atoms with Gasteiger partial charge in [0, 0.05) is 17.0 Å². The van der Waals surface area contributed by atoms with Gasteiger partial charge in [-0.05, 0) is 32.0 Å². The number of benzene rings is 2. The molecule has 0 bridgehead atoms. The zero-order valence-corrected chi connectivity index (χ0v) is 14.0. The minimum Gasteiger partial charge on any atom is -0.449 e. The van der Waals surface area contributed by atoms with Crippen LogP contribution in [0.25, 0.3) is 11.0 Å². The van der Waals surface area contributed by atoms with Crippen molar-refractivity contribution in [1.29, 1.82) is 0 Å². The average molecular weight is 359 g/mol. The van der Waals surface area contributed by atoms with Crippen molar-refractivity contribution < 1.29 is 27.5 Å². The molecule has 0 fully saturated rings. The molecule has 0 aliphatic heterocycles. The van der Waals surface area contributed by atoms with Crippen molar-refractivity contribution in [2.75, 3.05) is 5.32 Å². The lowest BCUT2D eigenvalue weighted by molar-refractivity contribution is -0.123. The molecule has 1 unspecified atom stereocenters. The van der Waals surface area contributed by atoms with Crippen LogP contribution in [-0.2, 0) is 9.53 Å². The van der Waals surface area contributed by atoms with E-state index < -0.39 is 29.6 Å². The number of carbonyl (C=O) groups is 2. The second-order valence-electron chi connectivity index (χ2n) is 5.71. The summed E-state index contributed by atoms with van der Waals surface area (Å²) in [6, 6.07) is 9.74. The minimum atomic E-state index is -1.24. The normalized spacial score (nSPS) is 12.0. The molecule has 1 amide bonds. The van der Waals surface area contributed by atoms with E-state index in [0.717, 1.165) is 23.6 Å². The van der Waals surface area contributed by atoms with Gasteiger partial charge in [0.05, 0.1) is 5.69 Å². The van der Waals surface area contributed by atoms with Gasteiger partial charge in [-0.15, -0.1) is 0 Å². The van der Waals surface area contributed by atoms with Crippen LogP contribution in [0.1, 0.15) is 23.0 Å². The SMILES string of the molecule is Cc1c(C(=O)OC(C)C(=O)Nc2cc(F)ccc2F)oc2ccccc12. The number of nitrogens with one attached hydrogen (secondary N) is 1. The lowest BCUT2D eigenvalue weighted by Crippen LogP contribution is -2.30. The molecular weight excluding hydrogens is 344 g/mol. The molecule has 0 radical (unpaired) electrons. The largest absolute Gasteiger partial charge is 0.449 e. The van der Waals surface area contributed by atoms with Gasteiger partial charge in [0.15, 0.2) is 6.10 Å². The Morgan fingerprint density at radius 3 is 2.62 bits per heavy atom. The van der Waals surface area contributed by atoms with Gasteiger partial charge >= 0.3 is 5.97 Å². The zero-order chi connectivity index (χ0) is 18.8. The van der Waals surface area contributed by atoms with Crippen molar-refractivity contribution in [3.05, 3.63) is 65.4 Å². The average Bonchev–Trinajstić information content (AvgIpc) is 2.95. The highest BCUT2D eigenvalue weighted by Gasteiger charge is 2.24. The number of amides is 1. The predicted octanol–water partition coefficient (Wildman–Crippen LogP) is 4.20. The number of hydrogen-bond acceptors (Lipinski definition) is 4. The Morgan fingerprint density at radius 2 is 1.88 bits per heavy atom. The van der Waals surface area contributed by atoms with E-state index in [9.17, 15) is 18.4 Å². The number of ether oxygens (including phenoxy) is 1.